The summed E-state index contributed by atoms with van der Waals surface area (Å²) < 4.78 is 45.2. The fourth-order valence-electron chi connectivity index (χ4n) is 3.67. The molecule has 11 heteroatoms. The maximum absolute atomic E-state index is 15.4. The second kappa shape index (κ2) is 9.02. The Hall–Kier alpha value is -3.73. The molecule has 9 nitrogen and oxygen atoms in total. The first-order chi connectivity index (χ1) is 15.8. The monoisotopic (exact) mass is 462 g/mol. The lowest BCUT2D eigenvalue weighted by Gasteiger charge is -2.17. The third-order valence-electron chi connectivity index (χ3n) is 5.25. The number of esters is 1. The lowest BCUT2D eigenvalue weighted by Crippen LogP contribution is -2.27. The summed E-state index contributed by atoms with van der Waals surface area (Å²) in [4.78, 5) is 37.3. The van der Waals surface area contributed by atoms with E-state index in [0.717, 1.165) is 11.0 Å². The Kier molecular flexibility index (Phi) is 6.14. The summed E-state index contributed by atoms with van der Waals surface area (Å²) in [5.41, 5.74) is -0.0798. The van der Waals surface area contributed by atoms with Crippen LogP contribution in [0, 0.1) is 11.6 Å². The molecule has 2 aromatic carbocycles. The van der Waals surface area contributed by atoms with Gasteiger partial charge in [0.25, 0.3) is 0 Å². The standard InChI is InChI=1S/C22H20F2N2O7/c1-12(28)31-11-15-9-26(22(30)33-15)19-4-2-3-17(20(19)24)16-6-5-13(7-18(16)23)25-8-14(10-27)32-21(25)29/h2-7,14-15,27H,8-11H2,1H3/t14-,15-/m1/s1. The van der Waals surface area contributed by atoms with E-state index in [1.807, 2.05) is 0 Å². The molecule has 0 spiro atoms. The molecule has 2 amide bonds. The van der Waals surface area contributed by atoms with Crippen LogP contribution in [0.4, 0.5) is 29.7 Å². The van der Waals surface area contributed by atoms with Gasteiger partial charge in [-0.2, -0.15) is 0 Å². The van der Waals surface area contributed by atoms with Crippen LogP contribution in [0.1, 0.15) is 6.92 Å². The largest absolute Gasteiger partial charge is 0.462 e. The molecule has 0 aromatic heterocycles. The molecule has 1 N–H and O–H groups in total. The van der Waals surface area contributed by atoms with Crippen molar-refractivity contribution < 1.29 is 42.5 Å². The Bertz CT molecular complexity index is 1110. The molecule has 0 radical (unpaired) electrons. The van der Waals surface area contributed by atoms with Crippen molar-refractivity contribution in [2.75, 3.05) is 36.1 Å². The number of nitrogens with zero attached hydrogens (tertiary/aromatic N) is 2. The summed E-state index contributed by atoms with van der Waals surface area (Å²) in [5.74, 6) is -2.17. The van der Waals surface area contributed by atoms with Crippen LogP contribution in [-0.4, -0.2) is 61.8 Å². The van der Waals surface area contributed by atoms with Gasteiger partial charge in [0.15, 0.2) is 11.9 Å². The number of halogens is 2. The molecule has 2 aromatic rings. The van der Waals surface area contributed by atoms with Gasteiger partial charge in [-0.25, -0.2) is 18.4 Å². The highest BCUT2D eigenvalue weighted by atomic mass is 19.1. The van der Waals surface area contributed by atoms with Crippen molar-refractivity contribution in [3.8, 4) is 11.1 Å². The van der Waals surface area contributed by atoms with Crippen LogP contribution in [0.15, 0.2) is 36.4 Å². The van der Waals surface area contributed by atoms with E-state index in [1.165, 1.54) is 42.2 Å². The number of benzene rings is 2. The number of carbonyl (C=O) groups excluding carboxylic acids is 3. The van der Waals surface area contributed by atoms with Gasteiger partial charge in [-0.1, -0.05) is 12.1 Å². The van der Waals surface area contributed by atoms with E-state index in [-0.39, 0.29) is 48.8 Å². The first kappa shape index (κ1) is 22.5. The quantitative estimate of drug-likeness (QED) is 0.520. The summed E-state index contributed by atoms with van der Waals surface area (Å²) >= 11 is 0. The summed E-state index contributed by atoms with van der Waals surface area (Å²) in [5, 5.41) is 9.15. The molecule has 2 heterocycles. The molecule has 2 aliphatic heterocycles. The lowest BCUT2D eigenvalue weighted by atomic mass is 10.0. The van der Waals surface area contributed by atoms with Crippen LogP contribution < -0.4 is 9.80 Å². The Labute approximate surface area is 187 Å². The van der Waals surface area contributed by atoms with Gasteiger partial charge >= 0.3 is 18.2 Å². The van der Waals surface area contributed by atoms with Crippen molar-refractivity contribution in [1.82, 2.24) is 0 Å². The van der Waals surface area contributed by atoms with E-state index in [2.05, 4.69) is 0 Å². The highest BCUT2D eigenvalue weighted by Crippen LogP contribution is 2.35. The third-order valence-corrected chi connectivity index (χ3v) is 5.25. The molecule has 33 heavy (non-hydrogen) atoms. The van der Waals surface area contributed by atoms with Crippen molar-refractivity contribution in [2.45, 2.75) is 19.1 Å². The molecular weight excluding hydrogens is 442 g/mol. The maximum Gasteiger partial charge on any atom is 0.414 e. The summed E-state index contributed by atoms with van der Waals surface area (Å²) in [6, 6.07) is 8.01. The molecule has 2 atom stereocenters. The predicted octanol–water partition coefficient (Wildman–Crippen LogP) is 2.84. The predicted molar refractivity (Wildman–Crippen MR) is 111 cm³/mol. The Morgan fingerprint density at radius 2 is 1.76 bits per heavy atom. The second-order valence-corrected chi connectivity index (χ2v) is 7.52. The number of ether oxygens (including phenoxy) is 3. The molecule has 2 aliphatic rings. The molecule has 2 fully saturated rings. The first-order valence-corrected chi connectivity index (χ1v) is 10.1. The van der Waals surface area contributed by atoms with Gasteiger partial charge in [0.1, 0.15) is 18.5 Å². The van der Waals surface area contributed by atoms with Crippen molar-refractivity contribution in [1.29, 1.82) is 0 Å². The normalized spacial score (nSPS) is 20.1. The van der Waals surface area contributed by atoms with Crippen LogP contribution in [-0.2, 0) is 19.0 Å². The van der Waals surface area contributed by atoms with Crippen LogP contribution in [0.25, 0.3) is 11.1 Å². The van der Waals surface area contributed by atoms with Gasteiger partial charge < -0.3 is 19.3 Å². The van der Waals surface area contributed by atoms with Gasteiger partial charge in [-0.05, 0) is 24.3 Å². The van der Waals surface area contributed by atoms with E-state index < -0.39 is 42.0 Å². The summed E-state index contributed by atoms with van der Waals surface area (Å²) in [7, 11) is 0. The van der Waals surface area contributed by atoms with E-state index >= 15 is 4.39 Å². The zero-order chi connectivity index (χ0) is 23.7. The number of aliphatic hydroxyl groups excluding tert-OH is 1. The molecule has 0 bridgehead atoms. The van der Waals surface area contributed by atoms with Crippen molar-refractivity contribution >= 4 is 29.5 Å². The van der Waals surface area contributed by atoms with E-state index in [9.17, 15) is 18.8 Å². The number of rotatable bonds is 6. The summed E-state index contributed by atoms with van der Waals surface area (Å²) in [6.45, 7) is 0.711. The summed E-state index contributed by atoms with van der Waals surface area (Å²) in [6.07, 6.45) is -3.00. The fraction of sp³-hybridized carbons (Fsp3) is 0.318. The van der Waals surface area contributed by atoms with Gasteiger partial charge in [0.05, 0.1) is 31.1 Å². The van der Waals surface area contributed by atoms with E-state index in [0.29, 0.717) is 0 Å². The molecule has 4 rings (SSSR count). The molecule has 174 valence electrons. The second-order valence-electron chi connectivity index (χ2n) is 7.52. The minimum absolute atomic E-state index is 0.0446. The van der Waals surface area contributed by atoms with Crippen molar-refractivity contribution in [2.24, 2.45) is 0 Å². The highest BCUT2D eigenvalue weighted by molar-refractivity contribution is 5.92. The van der Waals surface area contributed by atoms with Crippen LogP contribution >= 0.6 is 0 Å². The zero-order valence-electron chi connectivity index (χ0n) is 17.5. The number of anilines is 2. The van der Waals surface area contributed by atoms with Gasteiger partial charge in [0, 0.05) is 18.1 Å². The molecule has 2 saturated heterocycles. The average molecular weight is 462 g/mol. The number of carbonyl (C=O) groups is 3. The van der Waals surface area contributed by atoms with E-state index in [4.69, 9.17) is 19.3 Å². The Morgan fingerprint density at radius 1 is 1.06 bits per heavy atom. The van der Waals surface area contributed by atoms with E-state index in [1.54, 1.807) is 0 Å². The van der Waals surface area contributed by atoms with Gasteiger partial charge in [-0.15, -0.1) is 0 Å². The van der Waals surface area contributed by atoms with Crippen LogP contribution in [0.5, 0.6) is 0 Å². The topological polar surface area (TPSA) is 106 Å². The van der Waals surface area contributed by atoms with Gasteiger partial charge in [0.2, 0.25) is 0 Å². The number of amides is 2. The third kappa shape index (κ3) is 4.44. The van der Waals surface area contributed by atoms with Crippen molar-refractivity contribution in [3.05, 3.63) is 48.0 Å². The Balaban J connectivity index is 1.58. The molecule has 0 saturated carbocycles. The smallest absolute Gasteiger partial charge is 0.414 e. The first-order valence-electron chi connectivity index (χ1n) is 10.1. The average Bonchev–Trinajstić information content (AvgIpc) is 3.34. The minimum atomic E-state index is -0.838. The lowest BCUT2D eigenvalue weighted by molar-refractivity contribution is -0.143. The maximum atomic E-state index is 15.4. The van der Waals surface area contributed by atoms with Crippen molar-refractivity contribution in [3.63, 3.8) is 0 Å². The Morgan fingerprint density at radius 3 is 2.42 bits per heavy atom. The number of cyclic esters (lactones) is 2. The fourth-order valence-corrected chi connectivity index (χ4v) is 3.67. The number of hydrogen-bond acceptors (Lipinski definition) is 7. The number of hydrogen-bond donors (Lipinski definition) is 1. The highest BCUT2D eigenvalue weighted by Gasteiger charge is 2.35. The minimum Gasteiger partial charge on any atom is -0.462 e. The number of aliphatic hydroxyl groups is 1. The van der Waals surface area contributed by atoms with Gasteiger partial charge in [-0.3, -0.25) is 14.6 Å². The molecule has 0 unspecified atom stereocenters. The zero-order valence-corrected chi connectivity index (χ0v) is 17.5. The van der Waals surface area contributed by atoms with Crippen LogP contribution in [0.2, 0.25) is 0 Å². The molecular formula is C22H20F2N2O7. The SMILES string of the molecule is CC(=O)OC[C@H]1CN(c2cccc(-c3ccc(N4C[C@H](CO)OC4=O)cc3F)c2F)C(=O)O1. The molecule has 0 aliphatic carbocycles. The van der Waals surface area contributed by atoms with Crippen LogP contribution in [0.3, 0.4) is 0 Å².